The average Bonchev–Trinajstić information content (AvgIpc) is 3.57. The van der Waals surface area contributed by atoms with Gasteiger partial charge in [0, 0.05) is 42.5 Å². The largest absolute Gasteiger partial charge is 0.493 e. The van der Waals surface area contributed by atoms with E-state index in [2.05, 4.69) is 50.2 Å². The first-order valence-corrected chi connectivity index (χ1v) is 12.2. The third-order valence-corrected chi connectivity index (χ3v) is 7.54. The molecule has 2 fully saturated rings. The maximum atomic E-state index is 14.9. The molecule has 2 saturated heterocycles. The number of pyridine rings is 1. The third kappa shape index (κ3) is 3.35. The summed E-state index contributed by atoms with van der Waals surface area (Å²) in [7, 11) is 2.21. The minimum Gasteiger partial charge on any atom is -0.493 e. The van der Waals surface area contributed by atoms with Crippen LogP contribution in [0.3, 0.4) is 0 Å². The van der Waals surface area contributed by atoms with Crippen molar-refractivity contribution in [2.45, 2.75) is 24.9 Å². The van der Waals surface area contributed by atoms with Gasteiger partial charge in [0.25, 0.3) is 0 Å². The monoisotopic (exact) mass is 471 g/mol. The number of likely N-dealkylation sites (N-methyl/N-ethyl adjacent to an activating group) is 1. The van der Waals surface area contributed by atoms with Crippen molar-refractivity contribution >= 4 is 16.6 Å². The molecule has 5 heterocycles. The Bertz CT molecular complexity index is 1430. The molecule has 0 aliphatic carbocycles. The average molecular weight is 472 g/mol. The van der Waals surface area contributed by atoms with E-state index in [9.17, 15) is 4.39 Å². The van der Waals surface area contributed by atoms with E-state index < -0.39 is 0 Å². The Labute approximate surface area is 202 Å². The maximum absolute atomic E-state index is 14.9. The Morgan fingerprint density at radius 3 is 2.74 bits per heavy atom. The second kappa shape index (κ2) is 7.95. The van der Waals surface area contributed by atoms with Gasteiger partial charge in [-0.05, 0) is 43.8 Å². The minimum absolute atomic E-state index is 0.361. The van der Waals surface area contributed by atoms with Gasteiger partial charge in [-0.3, -0.25) is 15.0 Å². The summed E-state index contributed by atoms with van der Waals surface area (Å²) in [6.07, 6.45) is 3.57. The van der Waals surface area contributed by atoms with Gasteiger partial charge in [0.1, 0.15) is 23.0 Å². The zero-order valence-corrected chi connectivity index (χ0v) is 19.5. The normalized spacial score (nSPS) is 21.6. The molecule has 0 radical (unpaired) electrons. The van der Waals surface area contributed by atoms with Crippen molar-refractivity contribution in [3.8, 4) is 34.0 Å². The molecular formula is C27H26FN5O2. The number of aromatic nitrogens is 3. The molecule has 35 heavy (non-hydrogen) atoms. The number of aromatic amines is 1. The van der Waals surface area contributed by atoms with E-state index in [1.165, 1.54) is 12.5 Å². The fourth-order valence-electron chi connectivity index (χ4n) is 5.75. The molecule has 1 N–H and O–H groups in total. The van der Waals surface area contributed by atoms with Gasteiger partial charge in [-0.2, -0.15) is 5.10 Å². The first-order chi connectivity index (χ1) is 17.2. The highest BCUT2D eigenvalue weighted by molar-refractivity contribution is 5.95. The predicted octanol–water partition coefficient (Wildman–Crippen LogP) is 4.49. The summed E-state index contributed by atoms with van der Waals surface area (Å²) >= 11 is 0. The predicted molar refractivity (Wildman–Crippen MR) is 132 cm³/mol. The van der Waals surface area contributed by atoms with Gasteiger partial charge < -0.3 is 14.4 Å². The molecule has 6 bridgehead atoms. The molecule has 4 aromatic rings. The number of nitrogens with one attached hydrogen (secondary N) is 1. The van der Waals surface area contributed by atoms with Crippen LogP contribution in [-0.2, 0) is 0 Å². The molecule has 0 spiro atoms. The Hall–Kier alpha value is -3.65. The van der Waals surface area contributed by atoms with Crippen molar-refractivity contribution in [1.82, 2.24) is 20.1 Å². The van der Waals surface area contributed by atoms with Crippen molar-refractivity contribution in [2.75, 3.05) is 38.3 Å². The second-order valence-electron chi connectivity index (χ2n) is 9.67. The van der Waals surface area contributed by atoms with Gasteiger partial charge >= 0.3 is 0 Å². The molecule has 0 saturated carbocycles. The van der Waals surface area contributed by atoms with Crippen LogP contribution < -0.4 is 14.4 Å². The number of hydrogen-bond donors (Lipinski definition) is 1. The van der Waals surface area contributed by atoms with E-state index in [1.54, 1.807) is 18.3 Å². The molecule has 2 aromatic heterocycles. The molecule has 2 aromatic carbocycles. The second-order valence-corrected chi connectivity index (χ2v) is 9.67. The summed E-state index contributed by atoms with van der Waals surface area (Å²) in [5.41, 5.74) is 4.56. The van der Waals surface area contributed by atoms with Crippen LogP contribution in [0.25, 0.3) is 33.4 Å². The summed E-state index contributed by atoms with van der Waals surface area (Å²) in [5.74, 6) is 0.988. The molecule has 0 unspecified atom stereocenters. The number of halogens is 1. The molecule has 7 nitrogen and oxygen atoms in total. The molecule has 178 valence electrons. The van der Waals surface area contributed by atoms with Crippen molar-refractivity contribution < 1.29 is 13.9 Å². The molecule has 0 amide bonds. The van der Waals surface area contributed by atoms with Crippen LogP contribution in [0.1, 0.15) is 12.8 Å². The smallest absolute Gasteiger partial charge is 0.143 e. The fourth-order valence-corrected chi connectivity index (χ4v) is 5.75. The van der Waals surface area contributed by atoms with Gasteiger partial charge in [0.05, 0.1) is 41.9 Å². The standard InChI is InChI=1S/C27H26FN5O2/c1-32-14-18-11-17(32)15-33(18)23-7-6-16-10-25(23)35-9-3-8-34-24-5-2-4-20(28)26(24)21-12-19-22(13-29-21)30-31-27(16)19/h2,4-7,10,12-13,17-18H,3,8-9,11,14-15H2,1H3,(H,30,31)/t17-,18-/m0/s1. The van der Waals surface area contributed by atoms with E-state index in [1.807, 2.05) is 6.07 Å². The first kappa shape index (κ1) is 20.7. The van der Waals surface area contributed by atoms with E-state index in [4.69, 9.17) is 9.47 Å². The lowest BCUT2D eigenvalue weighted by Gasteiger charge is -2.34. The van der Waals surface area contributed by atoms with Crippen LogP contribution in [0, 0.1) is 5.82 Å². The summed E-state index contributed by atoms with van der Waals surface area (Å²) in [6, 6.07) is 14.2. The van der Waals surface area contributed by atoms with E-state index in [0.717, 1.165) is 46.7 Å². The fraction of sp³-hybridized carbons (Fsp3) is 0.333. The summed E-state index contributed by atoms with van der Waals surface area (Å²) < 4.78 is 27.3. The van der Waals surface area contributed by atoms with Gasteiger partial charge in [0.15, 0.2) is 0 Å². The van der Waals surface area contributed by atoms with Gasteiger partial charge in [-0.1, -0.05) is 12.1 Å². The molecule has 2 atom stereocenters. The highest BCUT2D eigenvalue weighted by Gasteiger charge is 2.42. The number of rotatable bonds is 1. The lowest BCUT2D eigenvalue weighted by atomic mass is 10.0. The zero-order chi connectivity index (χ0) is 23.5. The summed E-state index contributed by atoms with van der Waals surface area (Å²) in [5, 5.41) is 8.54. The van der Waals surface area contributed by atoms with Crippen LogP contribution in [0.2, 0.25) is 0 Å². The van der Waals surface area contributed by atoms with Gasteiger partial charge in [0.2, 0.25) is 0 Å². The molecule has 3 aliphatic heterocycles. The molecule has 7 rings (SSSR count). The number of piperazine rings is 1. The number of benzene rings is 2. The Balaban J connectivity index is 1.36. The number of likely N-dealkylation sites (tertiary alicyclic amines) is 1. The summed E-state index contributed by atoms with van der Waals surface area (Å²) in [4.78, 5) is 9.46. The van der Waals surface area contributed by atoms with E-state index >= 15 is 0 Å². The Morgan fingerprint density at radius 1 is 1.03 bits per heavy atom. The zero-order valence-electron chi connectivity index (χ0n) is 19.5. The van der Waals surface area contributed by atoms with Crippen LogP contribution in [0.5, 0.6) is 11.5 Å². The topological polar surface area (TPSA) is 66.5 Å². The molecular weight excluding hydrogens is 445 g/mol. The third-order valence-electron chi connectivity index (χ3n) is 7.54. The van der Waals surface area contributed by atoms with Crippen LogP contribution in [0.15, 0.2) is 48.7 Å². The number of hydrogen-bond acceptors (Lipinski definition) is 6. The molecule has 8 heteroatoms. The van der Waals surface area contributed by atoms with Crippen molar-refractivity contribution in [1.29, 1.82) is 0 Å². The van der Waals surface area contributed by atoms with E-state index in [-0.39, 0.29) is 5.82 Å². The Morgan fingerprint density at radius 2 is 1.91 bits per heavy atom. The first-order valence-electron chi connectivity index (χ1n) is 12.2. The lowest BCUT2D eigenvalue weighted by Crippen LogP contribution is -2.44. The van der Waals surface area contributed by atoms with Crippen molar-refractivity contribution in [3.05, 3.63) is 54.5 Å². The van der Waals surface area contributed by atoms with Crippen LogP contribution >= 0.6 is 0 Å². The maximum Gasteiger partial charge on any atom is 0.143 e. The van der Waals surface area contributed by atoms with Crippen LogP contribution in [0.4, 0.5) is 10.1 Å². The number of ether oxygens (including phenoxy) is 2. The SMILES string of the molecule is CN1C[C@@H]2C[C@H]1CN2c1ccc2cc1OCCCOc1cccc(F)c1-c1cc3c-2n[nH]c3cn1. The lowest BCUT2D eigenvalue weighted by molar-refractivity contribution is 0.246. The quantitative estimate of drug-likeness (QED) is 0.442. The van der Waals surface area contributed by atoms with Crippen molar-refractivity contribution in [3.63, 3.8) is 0 Å². The van der Waals surface area contributed by atoms with E-state index in [0.29, 0.717) is 48.7 Å². The number of H-pyrrole nitrogens is 1. The number of anilines is 1. The number of nitrogens with zero attached hydrogens (tertiary/aromatic N) is 4. The van der Waals surface area contributed by atoms with Crippen LogP contribution in [-0.4, -0.2) is 65.5 Å². The molecule has 3 aliphatic rings. The van der Waals surface area contributed by atoms with Crippen molar-refractivity contribution in [2.24, 2.45) is 0 Å². The Kier molecular flexibility index (Phi) is 4.70. The minimum atomic E-state index is -0.361. The summed E-state index contributed by atoms with van der Waals surface area (Å²) in [6.45, 7) is 3.02. The highest BCUT2D eigenvalue weighted by atomic mass is 19.1. The number of fused-ring (bicyclic) bond motifs is 8. The highest BCUT2D eigenvalue weighted by Crippen LogP contribution is 2.42. The van der Waals surface area contributed by atoms with Gasteiger partial charge in [-0.15, -0.1) is 0 Å². The van der Waals surface area contributed by atoms with Gasteiger partial charge in [-0.25, -0.2) is 4.39 Å².